The van der Waals surface area contributed by atoms with Gasteiger partial charge in [-0.1, -0.05) is 18.9 Å². The Morgan fingerprint density at radius 1 is 1.11 bits per heavy atom. The summed E-state index contributed by atoms with van der Waals surface area (Å²) >= 11 is 0. The van der Waals surface area contributed by atoms with Gasteiger partial charge in [-0.05, 0) is 62.9 Å². The Kier molecular flexibility index (Phi) is 8.29. The number of carbonyl (C=O) groups is 1. The van der Waals surface area contributed by atoms with E-state index in [9.17, 15) is 9.90 Å². The standard InChI is InChI=1S/C29H38FNO6/c1-17-14-29(28(32)33,15-18(2)37-17)31-21-10-11-23(20(12-21)16-36-22-8-6-7-9-22)24-13-25(34-4)19(3)27(35-5)26(24)30/h10-13,17-18,22,31H,6-9,14-16H2,1-5H3,(H,32,33)/t17-,18+,29?. The number of carboxylic acid groups (broad SMARTS) is 1. The summed E-state index contributed by atoms with van der Waals surface area (Å²) in [7, 11) is 2.98. The molecular formula is C29H38FNO6. The zero-order valence-electron chi connectivity index (χ0n) is 22.4. The summed E-state index contributed by atoms with van der Waals surface area (Å²) in [4.78, 5) is 12.4. The highest BCUT2D eigenvalue weighted by atomic mass is 19.1. The third-order valence-electron chi connectivity index (χ3n) is 7.55. The highest BCUT2D eigenvalue weighted by Crippen LogP contribution is 2.41. The van der Waals surface area contributed by atoms with Crippen molar-refractivity contribution < 1.29 is 33.2 Å². The van der Waals surface area contributed by atoms with Crippen LogP contribution in [0.4, 0.5) is 10.1 Å². The maximum atomic E-state index is 15.7. The van der Waals surface area contributed by atoms with Gasteiger partial charge < -0.3 is 29.4 Å². The minimum absolute atomic E-state index is 0.134. The van der Waals surface area contributed by atoms with Crippen LogP contribution in [0.5, 0.6) is 11.5 Å². The monoisotopic (exact) mass is 515 g/mol. The van der Waals surface area contributed by atoms with Crippen molar-refractivity contribution in [2.45, 2.75) is 89.8 Å². The van der Waals surface area contributed by atoms with Gasteiger partial charge in [0.15, 0.2) is 11.6 Å². The van der Waals surface area contributed by atoms with Crippen molar-refractivity contribution in [1.29, 1.82) is 0 Å². The van der Waals surface area contributed by atoms with Crippen LogP contribution in [0.15, 0.2) is 24.3 Å². The van der Waals surface area contributed by atoms with Gasteiger partial charge in [-0.3, -0.25) is 0 Å². The van der Waals surface area contributed by atoms with Crippen molar-refractivity contribution >= 4 is 11.7 Å². The lowest BCUT2D eigenvalue weighted by Gasteiger charge is -2.41. The Morgan fingerprint density at radius 2 is 1.78 bits per heavy atom. The second kappa shape index (κ2) is 11.3. The molecule has 0 spiro atoms. The first-order valence-electron chi connectivity index (χ1n) is 13.0. The third-order valence-corrected chi connectivity index (χ3v) is 7.55. The number of benzene rings is 2. The molecule has 1 aliphatic carbocycles. The van der Waals surface area contributed by atoms with E-state index < -0.39 is 17.3 Å². The molecule has 1 saturated heterocycles. The van der Waals surface area contributed by atoms with Crippen LogP contribution < -0.4 is 14.8 Å². The zero-order chi connectivity index (χ0) is 26.7. The molecule has 2 aromatic carbocycles. The largest absolute Gasteiger partial charge is 0.496 e. The Morgan fingerprint density at radius 3 is 2.38 bits per heavy atom. The average molecular weight is 516 g/mol. The van der Waals surface area contributed by atoms with Crippen LogP contribution in [0, 0.1) is 12.7 Å². The molecule has 1 unspecified atom stereocenters. The van der Waals surface area contributed by atoms with Gasteiger partial charge in [-0.25, -0.2) is 9.18 Å². The molecule has 8 heteroatoms. The number of carboxylic acids is 1. The zero-order valence-corrected chi connectivity index (χ0v) is 22.4. The van der Waals surface area contributed by atoms with E-state index in [0.29, 0.717) is 41.0 Å². The molecule has 3 atom stereocenters. The number of hydrogen-bond acceptors (Lipinski definition) is 6. The molecule has 0 radical (unpaired) electrons. The van der Waals surface area contributed by atoms with Gasteiger partial charge in [0.2, 0.25) is 0 Å². The van der Waals surface area contributed by atoms with E-state index in [1.807, 2.05) is 26.0 Å². The van der Waals surface area contributed by atoms with E-state index in [1.165, 1.54) is 7.11 Å². The molecule has 0 amide bonds. The molecule has 1 aliphatic heterocycles. The molecule has 7 nitrogen and oxygen atoms in total. The lowest BCUT2D eigenvalue weighted by molar-refractivity contribution is -0.151. The number of halogens is 1. The van der Waals surface area contributed by atoms with Crippen molar-refractivity contribution in [3.63, 3.8) is 0 Å². The summed E-state index contributed by atoms with van der Waals surface area (Å²) in [6.45, 7) is 5.81. The molecule has 4 rings (SSSR count). The normalized spacial score (nSPS) is 24.2. The summed E-state index contributed by atoms with van der Waals surface area (Å²) in [5.74, 6) is -0.735. The van der Waals surface area contributed by atoms with Gasteiger partial charge in [-0.15, -0.1) is 0 Å². The molecule has 1 saturated carbocycles. The molecule has 1 heterocycles. The van der Waals surface area contributed by atoms with E-state index in [0.717, 1.165) is 31.2 Å². The summed E-state index contributed by atoms with van der Waals surface area (Å²) in [6, 6.07) is 7.15. The fourth-order valence-electron chi connectivity index (χ4n) is 5.83. The molecule has 0 bridgehead atoms. The lowest BCUT2D eigenvalue weighted by atomic mass is 9.83. The average Bonchev–Trinajstić information content (AvgIpc) is 3.37. The molecule has 2 aromatic rings. The molecule has 2 N–H and O–H groups in total. The predicted octanol–water partition coefficient (Wildman–Crippen LogP) is 6.10. The first kappa shape index (κ1) is 27.2. The van der Waals surface area contributed by atoms with Crippen molar-refractivity contribution in [1.82, 2.24) is 0 Å². The molecule has 37 heavy (non-hydrogen) atoms. The Bertz CT molecular complexity index is 1120. The third kappa shape index (κ3) is 5.70. The highest BCUT2D eigenvalue weighted by Gasteiger charge is 2.45. The van der Waals surface area contributed by atoms with Crippen LogP contribution in [-0.2, 0) is 20.9 Å². The summed E-state index contributed by atoms with van der Waals surface area (Å²) in [5, 5.41) is 13.5. The van der Waals surface area contributed by atoms with Crippen LogP contribution in [-0.4, -0.2) is 49.1 Å². The molecule has 2 aliphatic rings. The van der Waals surface area contributed by atoms with E-state index in [1.54, 1.807) is 26.2 Å². The van der Waals surface area contributed by atoms with Crippen molar-refractivity contribution in [2.75, 3.05) is 19.5 Å². The van der Waals surface area contributed by atoms with Gasteiger partial charge in [0.1, 0.15) is 11.3 Å². The maximum Gasteiger partial charge on any atom is 0.329 e. The van der Waals surface area contributed by atoms with Crippen LogP contribution in [0.3, 0.4) is 0 Å². The Balaban J connectivity index is 1.76. The number of rotatable bonds is 9. The SMILES string of the molecule is COc1cc(-c2ccc(NC3(C(=O)O)C[C@@H](C)O[C@@H](C)C3)cc2COC2CCCC2)c(F)c(OC)c1C. The fourth-order valence-corrected chi connectivity index (χ4v) is 5.83. The van der Waals surface area contributed by atoms with Gasteiger partial charge in [-0.2, -0.15) is 0 Å². The Labute approximate surface area is 218 Å². The number of ether oxygens (including phenoxy) is 4. The minimum Gasteiger partial charge on any atom is -0.496 e. The molecule has 2 fully saturated rings. The van der Waals surface area contributed by atoms with Gasteiger partial charge in [0.05, 0.1) is 39.1 Å². The second-order valence-electron chi connectivity index (χ2n) is 10.4. The second-order valence-corrected chi connectivity index (χ2v) is 10.4. The van der Waals surface area contributed by atoms with Crippen molar-refractivity contribution in [3.8, 4) is 22.6 Å². The minimum atomic E-state index is -1.16. The molecular weight excluding hydrogens is 477 g/mol. The smallest absolute Gasteiger partial charge is 0.329 e. The van der Waals surface area contributed by atoms with Crippen molar-refractivity contribution in [3.05, 3.63) is 41.2 Å². The van der Waals surface area contributed by atoms with Crippen LogP contribution >= 0.6 is 0 Å². The van der Waals surface area contributed by atoms with E-state index in [2.05, 4.69) is 5.32 Å². The number of nitrogens with one attached hydrogen (secondary N) is 1. The summed E-state index contributed by atoms with van der Waals surface area (Å²) < 4.78 is 38.6. The van der Waals surface area contributed by atoms with Crippen molar-refractivity contribution in [2.24, 2.45) is 0 Å². The maximum absolute atomic E-state index is 15.7. The lowest BCUT2D eigenvalue weighted by Crippen LogP contribution is -2.54. The topological polar surface area (TPSA) is 86.3 Å². The van der Waals surface area contributed by atoms with E-state index in [4.69, 9.17) is 18.9 Å². The van der Waals surface area contributed by atoms with Crippen LogP contribution in [0.2, 0.25) is 0 Å². The Hall–Kier alpha value is -2.84. The van der Waals surface area contributed by atoms with Gasteiger partial charge in [0.25, 0.3) is 0 Å². The number of aliphatic carboxylic acids is 1. The number of anilines is 1. The summed E-state index contributed by atoms with van der Waals surface area (Å²) in [6.07, 6.45) is 4.74. The fraction of sp³-hybridized carbons (Fsp3) is 0.552. The predicted molar refractivity (Wildman–Crippen MR) is 140 cm³/mol. The first-order valence-corrected chi connectivity index (χ1v) is 13.0. The van der Waals surface area contributed by atoms with E-state index >= 15 is 4.39 Å². The molecule has 202 valence electrons. The quantitative estimate of drug-likeness (QED) is 0.417. The number of methoxy groups -OCH3 is 2. The van der Waals surface area contributed by atoms with E-state index in [-0.39, 0.29) is 30.7 Å². The first-order chi connectivity index (χ1) is 17.7. The van der Waals surface area contributed by atoms with Crippen LogP contribution in [0.25, 0.3) is 11.1 Å². The summed E-state index contributed by atoms with van der Waals surface area (Å²) in [5.41, 5.74) is 1.82. The van der Waals surface area contributed by atoms with Gasteiger partial charge >= 0.3 is 5.97 Å². The van der Waals surface area contributed by atoms with Gasteiger partial charge in [0, 0.05) is 29.7 Å². The highest BCUT2D eigenvalue weighted by molar-refractivity contribution is 5.84. The number of hydrogen-bond donors (Lipinski definition) is 2. The molecule has 0 aromatic heterocycles. The van der Waals surface area contributed by atoms with Crippen LogP contribution in [0.1, 0.15) is 63.5 Å².